The van der Waals surface area contributed by atoms with E-state index >= 15 is 0 Å². The van der Waals surface area contributed by atoms with Crippen molar-refractivity contribution in [2.75, 3.05) is 19.8 Å². The molecule has 1 saturated carbocycles. The van der Waals surface area contributed by atoms with Crippen molar-refractivity contribution in [3.05, 3.63) is 17.5 Å². The molecule has 4 heteroatoms. The quantitative estimate of drug-likeness (QED) is 0.881. The van der Waals surface area contributed by atoms with Gasteiger partial charge in [0.1, 0.15) is 0 Å². The highest BCUT2D eigenvalue weighted by Crippen LogP contribution is 2.33. The van der Waals surface area contributed by atoms with Crippen LogP contribution in [0.1, 0.15) is 37.1 Å². The average Bonchev–Trinajstić information content (AvgIpc) is 3.16. The first-order valence-electron chi connectivity index (χ1n) is 7.48. The number of rotatable bonds is 5. The van der Waals surface area contributed by atoms with E-state index in [2.05, 4.69) is 23.4 Å². The molecule has 1 saturated heterocycles. The van der Waals surface area contributed by atoms with Crippen LogP contribution in [0.2, 0.25) is 0 Å². The molecule has 0 aromatic carbocycles. The van der Waals surface area contributed by atoms with Crippen LogP contribution in [0, 0.1) is 12.3 Å². The zero-order valence-corrected chi connectivity index (χ0v) is 12.1. The molecule has 106 valence electrons. The molecule has 4 nitrogen and oxygen atoms in total. The Kier molecular flexibility index (Phi) is 3.63. The molecule has 0 bridgehead atoms. The lowest BCUT2D eigenvalue weighted by Gasteiger charge is -2.37. The Morgan fingerprint density at radius 3 is 2.95 bits per heavy atom. The van der Waals surface area contributed by atoms with Gasteiger partial charge in [-0.05, 0) is 45.1 Å². The molecule has 2 heterocycles. The van der Waals surface area contributed by atoms with Gasteiger partial charge in [-0.2, -0.15) is 5.10 Å². The van der Waals surface area contributed by atoms with Crippen molar-refractivity contribution >= 4 is 0 Å². The van der Waals surface area contributed by atoms with E-state index in [1.807, 2.05) is 11.7 Å². The van der Waals surface area contributed by atoms with E-state index in [0.29, 0.717) is 0 Å². The Balaban J connectivity index is 1.71. The molecular weight excluding hydrogens is 238 g/mol. The van der Waals surface area contributed by atoms with Crippen LogP contribution in [0.5, 0.6) is 0 Å². The van der Waals surface area contributed by atoms with Crippen LogP contribution in [0.25, 0.3) is 0 Å². The van der Waals surface area contributed by atoms with Crippen molar-refractivity contribution in [2.45, 2.75) is 45.1 Å². The van der Waals surface area contributed by atoms with Gasteiger partial charge in [-0.15, -0.1) is 0 Å². The van der Waals surface area contributed by atoms with Crippen LogP contribution in [0.15, 0.2) is 6.07 Å². The zero-order valence-electron chi connectivity index (χ0n) is 12.1. The molecule has 1 aromatic heterocycles. The van der Waals surface area contributed by atoms with Crippen LogP contribution in [0.4, 0.5) is 0 Å². The Bertz CT molecular complexity index is 431. The van der Waals surface area contributed by atoms with Crippen molar-refractivity contribution in [1.82, 2.24) is 15.1 Å². The molecule has 0 amide bonds. The summed E-state index contributed by atoms with van der Waals surface area (Å²) in [6, 6.07) is 2.99. The lowest BCUT2D eigenvalue weighted by Crippen LogP contribution is -2.43. The maximum Gasteiger partial charge on any atom is 0.0596 e. The lowest BCUT2D eigenvalue weighted by molar-refractivity contribution is -0.00824. The summed E-state index contributed by atoms with van der Waals surface area (Å²) in [6.45, 7) is 4.96. The fourth-order valence-electron chi connectivity index (χ4n) is 3.11. The molecule has 2 fully saturated rings. The van der Waals surface area contributed by atoms with Crippen molar-refractivity contribution < 1.29 is 4.74 Å². The van der Waals surface area contributed by atoms with E-state index in [1.54, 1.807) is 0 Å². The largest absolute Gasteiger partial charge is 0.381 e. The summed E-state index contributed by atoms with van der Waals surface area (Å²) < 4.78 is 7.82. The molecule has 1 unspecified atom stereocenters. The Morgan fingerprint density at radius 2 is 2.37 bits per heavy atom. The van der Waals surface area contributed by atoms with Gasteiger partial charge in [0.05, 0.1) is 12.3 Å². The minimum Gasteiger partial charge on any atom is -0.381 e. The van der Waals surface area contributed by atoms with Gasteiger partial charge in [-0.1, -0.05) is 0 Å². The van der Waals surface area contributed by atoms with Crippen molar-refractivity contribution in [3.63, 3.8) is 0 Å². The highest BCUT2D eigenvalue weighted by Gasteiger charge is 2.35. The molecule has 3 rings (SSSR count). The minimum absolute atomic E-state index is 0.265. The molecule has 1 aromatic rings. The van der Waals surface area contributed by atoms with Gasteiger partial charge in [0.25, 0.3) is 0 Å². The Labute approximate surface area is 115 Å². The predicted octanol–water partition coefficient (Wildman–Crippen LogP) is 1.82. The van der Waals surface area contributed by atoms with Crippen molar-refractivity contribution in [1.29, 1.82) is 0 Å². The second-order valence-electron chi connectivity index (χ2n) is 6.39. The summed E-state index contributed by atoms with van der Waals surface area (Å²) in [5.41, 5.74) is 2.71. The summed E-state index contributed by atoms with van der Waals surface area (Å²) in [4.78, 5) is 0. The second-order valence-corrected chi connectivity index (χ2v) is 6.39. The molecule has 2 aliphatic rings. The molecule has 1 aliphatic heterocycles. The van der Waals surface area contributed by atoms with Gasteiger partial charge in [-0.3, -0.25) is 4.68 Å². The van der Waals surface area contributed by atoms with Crippen LogP contribution in [0.3, 0.4) is 0 Å². The SMILES string of the molecule is Cc1cc(CC2(CNC3CC3)CCCOC2)n(C)n1. The number of aromatic nitrogens is 2. The maximum atomic E-state index is 5.79. The van der Waals surface area contributed by atoms with Crippen molar-refractivity contribution in [3.8, 4) is 0 Å². The zero-order chi connectivity index (χ0) is 13.3. The summed E-state index contributed by atoms with van der Waals surface area (Å²) in [6.07, 6.45) is 6.22. The number of ether oxygens (including phenoxy) is 1. The molecule has 1 atom stereocenters. The van der Waals surface area contributed by atoms with E-state index < -0.39 is 0 Å². The predicted molar refractivity (Wildman–Crippen MR) is 75.2 cm³/mol. The van der Waals surface area contributed by atoms with Crippen LogP contribution in [-0.4, -0.2) is 35.6 Å². The van der Waals surface area contributed by atoms with E-state index in [4.69, 9.17) is 4.74 Å². The minimum atomic E-state index is 0.265. The second kappa shape index (κ2) is 5.25. The first kappa shape index (κ1) is 13.1. The molecule has 0 radical (unpaired) electrons. The number of nitrogens with one attached hydrogen (secondary N) is 1. The number of nitrogens with zero attached hydrogens (tertiary/aromatic N) is 2. The van der Waals surface area contributed by atoms with Crippen molar-refractivity contribution in [2.24, 2.45) is 12.5 Å². The van der Waals surface area contributed by atoms with Crippen LogP contribution >= 0.6 is 0 Å². The fraction of sp³-hybridized carbons (Fsp3) is 0.800. The van der Waals surface area contributed by atoms with Gasteiger partial charge in [0, 0.05) is 37.4 Å². The third kappa shape index (κ3) is 3.18. The monoisotopic (exact) mass is 263 g/mol. The average molecular weight is 263 g/mol. The van der Waals surface area contributed by atoms with Crippen LogP contribution < -0.4 is 5.32 Å². The Hall–Kier alpha value is -0.870. The molecule has 19 heavy (non-hydrogen) atoms. The van der Waals surface area contributed by atoms with Crippen LogP contribution in [-0.2, 0) is 18.2 Å². The molecule has 0 spiro atoms. The van der Waals surface area contributed by atoms with Gasteiger partial charge in [0.15, 0.2) is 0 Å². The smallest absolute Gasteiger partial charge is 0.0596 e. The van der Waals surface area contributed by atoms with E-state index in [1.165, 1.54) is 31.4 Å². The first-order chi connectivity index (χ1) is 9.17. The fourth-order valence-corrected chi connectivity index (χ4v) is 3.11. The highest BCUT2D eigenvalue weighted by atomic mass is 16.5. The summed E-state index contributed by atoms with van der Waals surface area (Å²) in [7, 11) is 2.05. The Morgan fingerprint density at radius 1 is 1.53 bits per heavy atom. The van der Waals surface area contributed by atoms with Gasteiger partial charge < -0.3 is 10.1 Å². The maximum absolute atomic E-state index is 5.79. The summed E-state index contributed by atoms with van der Waals surface area (Å²) >= 11 is 0. The third-order valence-electron chi connectivity index (χ3n) is 4.40. The summed E-state index contributed by atoms with van der Waals surface area (Å²) in [5, 5.41) is 8.17. The first-order valence-corrected chi connectivity index (χ1v) is 7.48. The van der Waals surface area contributed by atoms with E-state index in [0.717, 1.165) is 37.9 Å². The topological polar surface area (TPSA) is 39.1 Å². The molecular formula is C15H25N3O. The van der Waals surface area contributed by atoms with Gasteiger partial charge in [-0.25, -0.2) is 0 Å². The molecule has 1 aliphatic carbocycles. The van der Waals surface area contributed by atoms with E-state index in [-0.39, 0.29) is 5.41 Å². The van der Waals surface area contributed by atoms with E-state index in [9.17, 15) is 0 Å². The van der Waals surface area contributed by atoms with Gasteiger partial charge >= 0.3 is 0 Å². The van der Waals surface area contributed by atoms with Gasteiger partial charge in [0.2, 0.25) is 0 Å². The standard InChI is InChI=1S/C15H25N3O/c1-12-8-14(18(2)17-12)9-15(6-3-7-19-11-15)10-16-13-4-5-13/h8,13,16H,3-7,9-11H2,1-2H3. The number of aryl methyl sites for hydroxylation is 2. The molecule has 1 N–H and O–H groups in total. The number of hydrogen-bond donors (Lipinski definition) is 1. The normalized spacial score (nSPS) is 27.7. The number of hydrogen-bond acceptors (Lipinski definition) is 3. The third-order valence-corrected chi connectivity index (χ3v) is 4.40. The summed E-state index contributed by atoms with van der Waals surface area (Å²) in [5.74, 6) is 0. The lowest BCUT2D eigenvalue weighted by atomic mass is 9.78. The highest BCUT2D eigenvalue weighted by molar-refractivity contribution is 5.12.